The van der Waals surface area contributed by atoms with Crippen molar-refractivity contribution in [3.63, 3.8) is 0 Å². The molecule has 1 aromatic rings. The molecular formula is C14H20N2O3. The van der Waals surface area contributed by atoms with Gasteiger partial charge in [-0.2, -0.15) is 0 Å². The van der Waals surface area contributed by atoms with Crippen molar-refractivity contribution in [1.29, 1.82) is 0 Å². The van der Waals surface area contributed by atoms with E-state index in [1.165, 1.54) is 0 Å². The van der Waals surface area contributed by atoms with Crippen molar-refractivity contribution in [3.8, 4) is 0 Å². The fourth-order valence-electron chi connectivity index (χ4n) is 1.73. The van der Waals surface area contributed by atoms with Gasteiger partial charge in [-0.25, -0.2) is 4.79 Å². The van der Waals surface area contributed by atoms with Gasteiger partial charge in [0, 0.05) is 0 Å². The second-order valence-electron chi connectivity index (χ2n) is 4.86. The van der Waals surface area contributed by atoms with Gasteiger partial charge in [0.15, 0.2) is 0 Å². The third-order valence-corrected chi connectivity index (χ3v) is 2.87. The first-order valence-electron chi connectivity index (χ1n) is 6.24. The van der Waals surface area contributed by atoms with Crippen molar-refractivity contribution in [2.45, 2.75) is 32.4 Å². The highest BCUT2D eigenvalue weighted by Gasteiger charge is 2.25. The van der Waals surface area contributed by atoms with Crippen LogP contribution in [0.3, 0.4) is 0 Å². The van der Waals surface area contributed by atoms with E-state index in [-0.39, 0.29) is 5.92 Å². The predicted octanol–water partition coefficient (Wildman–Crippen LogP) is 0.782. The van der Waals surface area contributed by atoms with E-state index in [9.17, 15) is 9.59 Å². The molecule has 1 rings (SSSR count). The molecule has 0 saturated carbocycles. The van der Waals surface area contributed by atoms with Crippen LogP contribution < -0.4 is 11.1 Å². The molecule has 0 aromatic heterocycles. The molecular weight excluding hydrogens is 244 g/mol. The topological polar surface area (TPSA) is 92.4 Å². The van der Waals surface area contributed by atoms with Gasteiger partial charge in [-0.1, -0.05) is 44.2 Å². The zero-order valence-electron chi connectivity index (χ0n) is 11.2. The lowest BCUT2D eigenvalue weighted by Gasteiger charge is -2.20. The Balaban J connectivity index is 2.60. The number of hydrogen-bond donors (Lipinski definition) is 3. The second-order valence-corrected chi connectivity index (χ2v) is 4.86. The minimum Gasteiger partial charge on any atom is -0.480 e. The molecule has 4 N–H and O–H groups in total. The molecule has 0 fully saturated rings. The molecule has 0 aliphatic heterocycles. The number of hydrogen-bond acceptors (Lipinski definition) is 3. The number of aliphatic carboxylic acids is 1. The first kappa shape index (κ1) is 15.2. The van der Waals surface area contributed by atoms with Crippen LogP contribution in [0.4, 0.5) is 0 Å². The number of nitrogens with one attached hydrogen (secondary N) is 1. The summed E-state index contributed by atoms with van der Waals surface area (Å²) in [7, 11) is 0. The average molecular weight is 264 g/mol. The number of carboxylic acid groups (broad SMARTS) is 1. The van der Waals surface area contributed by atoms with Crippen molar-refractivity contribution in [3.05, 3.63) is 35.9 Å². The van der Waals surface area contributed by atoms with Crippen LogP contribution in [0.5, 0.6) is 0 Å². The third-order valence-electron chi connectivity index (χ3n) is 2.87. The van der Waals surface area contributed by atoms with E-state index in [0.29, 0.717) is 6.42 Å². The maximum absolute atomic E-state index is 11.9. The van der Waals surface area contributed by atoms with Crippen LogP contribution in [0.25, 0.3) is 0 Å². The molecule has 0 heterocycles. The Morgan fingerprint density at radius 1 is 1.26 bits per heavy atom. The van der Waals surface area contributed by atoms with Crippen LogP contribution in [-0.2, 0) is 16.0 Å². The fourth-order valence-corrected chi connectivity index (χ4v) is 1.73. The summed E-state index contributed by atoms with van der Waals surface area (Å²) >= 11 is 0. The van der Waals surface area contributed by atoms with Gasteiger partial charge in [0.25, 0.3) is 0 Å². The highest BCUT2D eigenvalue weighted by molar-refractivity contribution is 5.87. The van der Waals surface area contributed by atoms with Crippen molar-refractivity contribution in [2.24, 2.45) is 11.7 Å². The molecule has 5 heteroatoms. The molecule has 0 aliphatic rings. The molecule has 0 saturated heterocycles. The first-order valence-corrected chi connectivity index (χ1v) is 6.24. The summed E-state index contributed by atoms with van der Waals surface area (Å²) < 4.78 is 0. The Morgan fingerprint density at radius 3 is 2.32 bits per heavy atom. The normalized spacial score (nSPS) is 13.9. The van der Waals surface area contributed by atoms with Crippen LogP contribution in [0.2, 0.25) is 0 Å². The van der Waals surface area contributed by atoms with Gasteiger partial charge >= 0.3 is 5.97 Å². The van der Waals surface area contributed by atoms with Crippen LogP contribution >= 0.6 is 0 Å². The third kappa shape index (κ3) is 4.71. The summed E-state index contributed by atoms with van der Waals surface area (Å²) in [5.41, 5.74) is 6.74. The number of rotatable bonds is 6. The molecule has 0 bridgehead atoms. The summed E-state index contributed by atoms with van der Waals surface area (Å²) in [6.45, 7) is 3.48. The van der Waals surface area contributed by atoms with Gasteiger partial charge in [0.2, 0.25) is 5.91 Å². The number of carboxylic acids is 1. The summed E-state index contributed by atoms with van der Waals surface area (Å²) in [5, 5.41) is 11.5. The number of amides is 1. The number of carbonyl (C=O) groups is 2. The molecule has 1 aromatic carbocycles. The van der Waals surface area contributed by atoms with Crippen molar-refractivity contribution < 1.29 is 14.7 Å². The molecule has 5 nitrogen and oxygen atoms in total. The summed E-state index contributed by atoms with van der Waals surface area (Å²) in [6.07, 6.45) is 0.386. The van der Waals surface area contributed by atoms with E-state index in [0.717, 1.165) is 5.56 Å². The van der Waals surface area contributed by atoms with Crippen LogP contribution in [0.1, 0.15) is 19.4 Å². The SMILES string of the molecule is CC(C)[C@@H](NC(=O)[C@H](N)Cc1ccccc1)C(=O)O. The van der Waals surface area contributed by atoms with Crippen molar-refractivity contribution in [2.75, 3.05) is 0 Å². The lowest BCUT2D eigenvalue weighted by Crippen LogP contribution is -2.51. The summed E-state index contributed by atoms with van der Waals surface area (Å²) in [6, 6.07) is 7.72. The summed E-state index contributed by atoms with van der Waals surface area (Å²) in [4.78, 5) is 22.9. The Labute approximate surface area is 112 Å². The maximum Gasteiger partial charge on any atom is 0.326 e. The predicted molar refractivity (Wildman–Crippen MR) is 72.5 cm³/mol. The molecule has 0 radical (unpaired) electrons. The Bertz CT molecular complexity index is 432. The fraction of sp³-hybridized carbons (Fsp3) is 0.429. The van der Waals surface area contributed by atoms with Gasteiger partial charge in [-0.3, -0.25) is 4.79 Å². The lowest BCUT2D eigenvalue weighted by atomic mass is 10.0. The molecule has 0 aliphatic carbocycles. The molecule has 0 unspecified atom stereocenters. The molecule has 0 spiro atoms. The Morgan fingerprint density at radius 2 is 1.84 bits per heavy atom. The molecule has 2 atom stereocenters. The maximum atomic E-state index is 11.9. The molecule has 104 valence electrons. The second kappa shape index (κ2) is 6.89. The standard InChI is InChI=1S/C14H20N2O3/c1-9(2)12(14(18)19)16-13(17)11(15)8-10-6-4-3-5-7-10/h3-7,9,11-12H,8,15H2,1-2H3,(H,16,17)(H,18,19)/t11-,12-/m1/s1. The van der Waals surface area contributed by atoms with Gasteiger partial charge < -0.3 is 16.2 Å². The Hall–Kier alpha value is -1.88. The van der Waals surface area contributed by atoms with Crippen molar-refractivity contribution >= 4 is 11.9 Å². The van der Waals surface area contributed by atoms with E-state index >= 15 is 0 Å². The lowest BCUT2D eigenvalue weighted by molar-refractivity contribution is -0.143. The van der Waals surface area contributed by atoms with E-state index in [1.807, 2.05) is 30.3 Å². The Kier molecular flexibility index (Phi) is 5.51. The zero-order valence-corrected chi connectivity index (χ0v) is 11.2. The van der Waals surface area contributed by atoms with E-state index in [4.69, 9.17) is 10.8 Å². The number of carbonyl (C=O) groups excluding carboxylic acids is 1. The van der Waals surface area contributed by atoms with Gasteiger partial charge in [-0.15, -0.1) is 0 Å². The largest absolute Gasteiger partial charge is 0.480 e. The first-order chi connectivity index (χ1) is 8.91. The number of nitrogens with two attached hydrogens (primary N) is 1. The van der Waals surface area contributed by atoms with E-state index in [1.54, 1.807) is 13.8 Å². The minimum atomic E-state index is -1.05. The molecule has 1 amide bonds. The van der Waals surface area contributed by atoms with Crippen LogP contribution in [-0.4, -0.2) is 29.1 Å². The smallest absolute Gasteiger partial charge is 0.326 e. The molecule has 19 heavy (non-hydrogen) atoms. The zero-order chi connectivity index (χ0) is 14.4. The monoisotopic (exact) mass is 264 g/mol. The van der Waals surface area contributed by atoms with Crippen LogP contribution in [0, 0.1) is 5.92 Å². The minimum absolute atomic E-state index is 0.189. The van der Waals surface area contributed by atoms with Crippen LogP contribution in [0.15, 0.2) is 30.3 Å². The highest BCUT2D eigenvalue weighted by Crippen LogP contribution is 2.05. The van der Waals surface area contributed by atoms with E-state index in [2.05, 4.69) is 5.32 Å². The quantitative estimate of drug-likeness (QED) is 0.708. The summed E-state index contributed by atoms with van der Waals surface area (Å²) in [5.74, 6) is -1.68. The number of benzene rings is 1. The van der Waals surface area contributed by atoms with Gasteiger partial charge in [-0.05, 0) is 17.9 Å². The average Bonchev–Trinajstić information content (AvgIpc) is 2.35. The van der Waals surface area contributed by atoms with E-state index < -0.39 is 24.0 Å². The highest BCUT2D eigenvalue weighted by atomic mass is 16.4. The van der Waals surface area contributed by atoms with Crippen molar-refractivity contribution in [1.82, 2.24) is 5.32 Å². The van der Waals surface area contributed by atoms with Gasteiger partial charge in [0.1, 0.15) is 6.04 Å². The van der Waals surface area contributed by atoms with Gasteiger partial charge in [0.05, 0.1) is 6.04 Å².